The Bertz CT molecular complexity index is 4700. The Morgan fingerprint density at radius 3 is 1.48 bits per heavy atom. The van der Waals surface area contributed by atoms with Gasteiger partial charge in [0.05, 0.1) is 43.0 Å². The number of hydrogen-bond donors (Lipinski definition) is 12. The van der Waals surface area contributed by atoms with Crippen LogP contribution in [0.4, 0.5) is 5.69 Å². The quantitative estimate of drug-likeness (QED) is 0.0463. The van der Waals surface area contributed by atoms with Crippen molar-refractivity contribution in [1.29, 1.82) is 0 Å². The fraction of sp³-hybridized carbons (Fsp3) is 0.500. The summed E-state index contributed by atoms with van der Waals surface area (Å²) in [5.41, 5.74) is 6.26. The van der Waals surface area contributed by atoms with Gasteiger partial charge in [-0.3, -0.25) is 76.5 Å². The van der Waals surface area contributed by atoms with Crippen LogP contribution in [0.15, 0.2) is 84.9 Å². The number of benzene rings is 3. The summed E-state index contributed by atoms with van der Waals surface area (Å²) in [7, 11) is 0.590. The number of nitrogens with zero attached hydrogens (tertiary/aromatic N) is 8. The van der Waals surface area contributed by atoms with Crippen LogP contribution in [-0.2, 0) is 79.1 Å². The van der Waals surface area contributed by atoms with Gasteiger partial charge in [-0.1, -0.05) is 90.1 Å². The standard InChI is InChI=1S/C78H104N18O20S/c1-42(2)63(90-69(103)50(79)41-117(113,114)115)72(106)84-45(7)68(102)85-49-28-26-46(27-29-49)40-116-58-33-48-21-13-15-23-52(48)87-65(58)74(108)89-54-35-81-76(110)67(44(5)6)94(11)62(101)39-92(9)59(98)36-82-70(104)55-24-16-18-30-95(55)77(111)53(88-73(107)64-57(97)32-47-20-12-14-22-51(47)86-64)34-80-75(109)66(43(3)4)93(10)61(100)38-91(8)60(99)37-83-71(105)56-25-17-19-31-96(56)78(54)112/h12-15,20-23,26-29,32-33,42-45,50,53-56,63,66-67,97H,16-19,24-25,30-31,34-41,79H2,1-11H3,(H,80,109)(H,81,110)(H,82,104)(H,83,105)(H,84,106)(H,85,102)(H,88,107)(H,89,108)(H,90,103)(H,113,114,115)/t45-,50-,53+,54+,55-,56-,63-,66-,67-/m0/s1. The maximum absolute atomic E-state index is 15.4. The van der Waals surface area contributed by atoms with Crippen molar-refractivity contribution in [3.05, 3.63) is 102 Å². The Labute approximate surface area is 676 Å². The summed E-state index contributed by atoms with van der Waals surface area (Å²) < 4.78 is 38.1. The molecule has 0 radical (unpaired) electrons. The molecule has 3 fully saturated rings. The number of anilines is 1. The van der Waals surface area contributed by atoms with E-state index in [1.807, 2.05) is 0 Å². The van der Waals surface area contributed by atoms with Gasteiger partial charge >= 0.3 is 0 Å². The molecule has 39 heteroatoms. The molecular weight excluding hydrogens is 1540 g/mol. The van der Waals surface area contributed by atoms with Crippen molar-refractivity contribution in [2.75, 3.05) is 91.6 Å². The Hall–Kier alpha value is -12.0. The van der Waals surface area contributed by atoms with Crippen LogP contribution >= 0.6 is 0 Å². The molecule has 0 unspecified atom stereocenters. The molecule has 632 valence electrons. The number of nitrogens with two attached hydrogens (primary N) is 1. The number of para-hydroxylation sites is 2. The molecule has 3 aliphatic heterocycles. The second kappa shape index (κ2) is 40.5. The lowest BCUT2D eigenvalue weighted by Crippen LogP contribution is -2.61. The number of aromatic nitrogens is 2. The predicted molar refractivity (Wildman–Crippen MR) is 425 cm³/mol. The first-order valence-corrected chi connectivity index (χ1v) is 40.0. The normalized spacial score (nSPS) is 21.0. The van der Waals surface area contributed by atoms with E-state index in [2.05, 4.69) is 57.8 Å². The number of carbonyl (C=O) groups is 15. The number of ether oxygens (including phenoxy) is 1. The number of nitrogens with one attached hydrogen (secondary N) is 9. The average Bonchev–Trinajstić information content (AvgIpc) is 0.800. The first-order chi connectivity index (χ1) is 55.2. The summed E-state index contributed by atoms with van der Waals surface area (Å²) in [4.78, 5) is 229. The number of aromatic hydroxyl groups is 1. The zero-order valence-electron chi connectivity index (χ0n) is 67.1. The van der Waals surface area contributed by atoms with E-state index >= 15 is 9.59 Å². The lowest BCUT2D eigenvalue weighted by Gasteiger charge is -2.37. The van der Waals surface area contributed by atoms with Gasteiger partial charge in [0, 0.05) is 70.8 Å². The summed E-state index contributed by atoms with van der Waals surface area (Å²) in [6.07, 6.45) is 1.79. The van der Waals surface area contributed by atoms with E-state index in [0.29, 0.717) is 53.1 Å². The topological polar surface area (TPSA) is 519 Å². The summed E-state index contributed by atoms with van der Waals surface area (Å²) in [6, 6.07) is 9.87. The van der Waals surface area contributed by atoms with E-state index < -0.39 is 227 Å². The maximum Gasteiger partial charge on any atom is 0.274 e. The van der Waals surface area contributed by atoms with Gasteiger partial charge in [0.2, 0.25) is 76.8 Å². The number of piperidine rings is 2. The van der Waals surface area contributed by atoms with Gasteiger partial charge in [0.25, 0.3) is 21.9 Å². The van der Waals surface area contributed by atoms with Gasteiger partial charge in [-0.2, -0.15) is 8.42 Å². The Kier molecular flexibility index (Phi) is 31.4. The summed E-state index contributed by atoms with van der Waals surface area (Å²) in [6.45, 7) is 6.90. The smallest absolute Gasteiger partial charge is 0.274 e. The fourth-order valence-electron chi connectivity index (χ4n) is 13.8. The van der Waals surface area contributed by atoms with Crippen LogP contribution in [0.25, 0.3) is 21.8 Å². The Balaban J connectivity index is 1.03. The summed E-state index contributed by atoms with van der Waals surface area (Å²) in [5, 5.41) is 35.4. The van der Waals surface area contributed by atoms with E-state index in [1.165, 1.54) is 63.1 Å². The van der Waals surface area contributed by atoms with Crippen LogP contribution in [0.1, 0.15) is 114 Å². The van der Waals surface area contributed by atoms with Crippen LogP contribution in [0.2, 0.25) is 0 Å². The lowest BCUT2D eigenvalue weighted by molar-refractivity contribution is -0.146. The molecule has 5 aromatic rings. The molecule has 0 saturated carbocycles. The van der Waals surface area contributed by atoms with Gasteiger partial charge in [0.1, 0.15) is 66.7 Å². The van der Waals surface area contributed by atoms with Gasteiger partial charge in [-0.15, -0.1) is 0 Å². The number of rotatable bonds is 18. The summed E-state index contributed by atoms with van der Waals surface area (Å²) in [5.74, 6) is -16.0. The van der Waals surface area contributed by atoms with Crippen LogP contribution in [0.5, 0.6) is 11.5 Å². The monoisotopic (exact) mass is 1640 g/mol. The maximum atomic E-state index is 15.4. The van der Waals surface area contributed by atoms with Crippen molar-refractivity contribution in [2.24, 2.45) is 23.5 Å². The third-order valence-electron chi connectivity index (χ3n) is 20.4. The number of pyridine rings is 2. The van der Waals surface area contributed by atoms with Crippen molar-refractivity contribution in [3.8, 4) is 11.5 Å². The highest BCUT2D eigenvalue weighted by Gasteiger charge is 2.42. The number of amides is 15. The minimum Gasteiger partial charge on any atom is -0.505 e. The molecule has 15 amide bonds. The number of likely N-dealkylation sites (N-methyl/N-ethyl adjacent to an activating group) is 4. The van der Waals surface area contributed by atoms with E-state index in [1.54, 1.807) is 108 Å². The highest BCUT2D eigenvalue weighted by molar-refractivity contribution is 7.85. The van der Waals surface area contributed by atoms with E-state index in [4.69, 9.17) is 15.0 Å². The summed E-state index contributed by atoms with van der Waals surface area (Å²) >= 11 is 0. The lowest BCUT2D eigenvalue weighted by atomic mass is 9.99. The first kappa shape index (κ1) is 90.5. The number of hydrogen-bond acceptors (Lipinski definition) is 22. The molecule has 5 heterocycles. The van der Waals surface area contributed by atoms with Crippen LogP contribution in [-0.4, -0.2) is 287 Å². The highest BCUT2D eigenvalue weighted by Crippen LogP contribution is 2.28. The molecular formula is C78H104N18O20S. The van der Waals surface area contributed by atoms with E-state index in [-0.39, 0.29) is 49.7 Å². The molecule has 0 spiro atoms. The van der Waals surface area contributed by atoms with Crippen molar-refractivity contribution < 1.29 is 94.7 Å². The molecule has 9 atom stereocenters. The zero-order chi connectivity index (χ0) is 86.0. The van der Waals surface area contributed by atoms with E-state index in [0.717, 1.165) is 19.6 Å². The molecule has 0 bridgehead atoms. The molecule has 3 aliphatic rings. The van der Waals surface area contributed by atoms with Gasteiger partial charge in [-0.25, -0.2) is 9.97 Å². The van der Waals surface area contributed by atoms with Gasteiger partial charge in [-0.05, 0) is 105 Å². The van der Waals surface area contributed by atoms with E-state index in [9.17, 15) is 75.9 Å². The van der Waals surface area contributed by atoms with Crippen molar-refractivity contribution in [1.82, 2.24) is 81.9 Å². The molecule has 117 heavy (non-hydrogen) atoms. The van der Waals surface area contributed by atoms with Crippen molar-refractivity contribution in [2.45, 2.75) is 148 Å². The van der Waals surface area contributed by atoms with Gasteiger partial charge in [0.15, 0.2) is 17.1 Å². The van der Waals surface area contributed by atoms with Gasteiger partial charge < -0.3 is 92.8 Å². The van der Waals surface area contributed by atoms with Crippen molar-refractivity contribution in [3.63, 3.8) is 0 Å². The Morgan fingerprint density at radius 2 is 1.02 bits per heavy atom. The largest absolute Gasteiger partial charge is 0.505 e. The molecule has 38 nitrogen and oxygen atoms in total. The molecule has 13 N–H and O–H groups in total. The number of fused-ring (bicyclic) bond motifs is 4. The zero-order valence-corrected chi connectivity index (χ0v) is 67.9. The van der Waals surface area contributed by atoms with Crippen LogP contribution < -0.4 is 58.3 Å². The third kappa shape index (κ3) is 24.1. The molecule has 3 aromatic carbocycles. The second-order valence-corrected chi connectivity index (χ2v) is 31.8. The van der Waals surface area contributed by atoms with Crippen molar-refractivity contribution >= 4 is 126 Å². The average molecular weight is 1650 g/mol. The van der Waals surface area contributed by atoms with Crippen LogP contribution in [0, 0.1) is 17.8 Å². The molecule has 3 saturated heterocycles. The Morgan fingerprint density at radius 1 is 0.564 bits per heavy atom. The van der Waals surface area contributed by atoms with Crippen LogP contribution in [0.3, 0.4) is 0 Å². The minimum absolute atomic E-state index is 0.0219. The predicted octanol–water partition coefficient (Wildman–Crippen LogP) is -1.11. The number of carbonyl (C=O) groups excluding carboxylic acids is 15. The molecule has 0 aliphatic carbocycles. The molecule has 2 aromatic heterocycles. The fourth-order valence-corrected chi connectivity index (χ4v) is 14.4. The third-order valence-corrected chi connectivity index (χ3v) is 21.1. The molecule has 8 rings (SSSR count). The second-order valence-electron chi connectivity index (χ2n) is 30.3. The first-order valence-electron chi connectivity index (χ1n) is 38.4. The minimum atomic E-state index is -4.63. The highest BCUT2D eigenvalue weighted by atomic mass is 32.2. The SMILES string of the molecule is CC(C)[C@H](NC(=O)[C@@H](N)CS(=O)(=O)O)C(=O)N[C@@H](C)C(=O)Nc1ccc(COc2cc3ccccc3nc2C(=O)N[C@@H]2CNC(=O)[C@H](C(C)C)N(C)C(=O)CN(C)C(=O)CNC(=O)[C@@H]3CCCCN3C(=O)[C@H](NC(=O)c3nc4ccccc4cc3O)CNC(=O)[C@H](C(C)C)N(C)C(=O)CN(C)C(=O)CNC(=O)[C@@H]3CCCCN3C2=O)cc1.